The summed E-state index contributed by atoms with van der Waals surface area (Å²) in [5, 5.41) is 7.35. The number of carbonyl (C=O) groups is 1. The number of nitrogens with one attached hydrogen (secondary N) is 1. The van der Waals surface area contributed by atoms with Gasteiger partial charge in [-0.05, 0) is 28.1 Å². The van der Waals surface area contributed by atoms with E-state index in [9.17, 15) is 21.8 Å². The highest BCUT2D eigenvalue weighted by Gasteiger charge is 2.20. The second-order valence-electron chi connectivity index (χ2n) is 3.85. The van der Waals surface area contributed by atoms with Crippen LogP contribution in [0.1, 0.15) is 10.4 Å². The van der Waals surface area contributed by atoms with E-state index in [-0.39, 0.29) is 22.3 Å². The molecule has 0 bridgehead atoms. The molecule has 10 heteroatoms. The van der Waals surface area contributed by atoms with Crippen molar-refractivity contribution in [1.29, 1.82) is 0 Å². The number of halogens is 2. The zero-order chi connectivity index (χ0) is 15.5. The summed E-state index contributed by atoms with van der Waals surface area (Å²) in [6, 6.07) is 1.86. The number of benzene rings is 1. The molecule has 1 aromatic rings. The maximum Gasteiger partial charge on any atom is 0.251 e. The highest BCUT2D eigenvalue weighted by molar-refractivity contribution is 9.10. The van der Waals surface area contributed by atoms with Crippen LogP contribution in [0, 0.1) is 5.82 Å². The van der Waals surface area contributed by atoms with Crippen LogP contribution >= 0.6 is 15.9 Å². The average molecular weight is 387 g/mol. The summed E-state index contributed by atoms with van der Waals surface area (Å²) in [6.07, 6.45) is 1.48. The lowest BCUT2D eigenvalue weighted by Gasteiger charge is -2.08. The molecule has 0 heterocycles. The van der Waals surface area contributed by atoms with Gasteiger partial charge in [-0.2, -0.15) is 0 Å². The molecule has 1 rings (SSSR count). The van der Waals surface area contributed by atoms with Crippen LogP contribution in [0.3, 0.4) is 0 Å². The third-order valence-electron chi connectivity index (χ3n) is 2.24. The fraction of sp³-hybridized carbons (Fsp3) is 0.300. The number of sulfonamides is 1. The van der Waals surface area contributed by atoms with Crippen molar-refractivity contribution in [1.82, 2.24) is 5.32 Å². The molecular formula is C10H12BrFN2O4S2. The number of carbonyl (C=O) groups excluding carboxylic acids is 1. The van der Waals surface area contributed by atoms with E-state index < -0.39 is 37.4 Å². The second-order valence-corrected chi connectivity index (χ2v) is 7.73. The monoisotopic (exact) mass is 386 g/mol. The van der Waals surface area contributed by atoms with Crippen molar-refractivity contribution in [2.75, 3.05) is 18.6 Å². The van der Waals surface area contributed by atoms with E-state index in [2.05, 4.69) is 21.2 Å². The van der Waals surface area contributed by atoms with Gasteiger partial charge in [-0.25, -0.2) is 17.9 Å². The first-order valence-electron chi connectivity index (χ1n) is 5.23. The van der Waals surface area contributed by atoms with Gasteiger partial charge in [0.1, 0.15) is 5.82 Å². The van der Waals surface area contributed by atoms with Crippen LogP contribution in [0.2, 0.25) is 0 Å². The van der Waals surface area contributed by atoms with Crippen LogP contribution in [0.5, 0.6) is 0 Å². The highest BCUT2D eigenvalue weighted by atomic mass is 79.9. The SMILES string of the molecule is CS(=O)CCNC(=O)c1cc(F)c(Br)c(S(N)(=O)=O)c1. The van der Waals surface area contributed by atoms with E-state index in [1.165, 1.54) is 6.26 Å². The maximum absolute atomic E-state index is 13.6. The molecule has 112 valence electrons. The Bertz CT molecular complexity index is 663. The molecule has 0 aliphatic carbocycles. The topological polar surface area (TPSA) is 106 Å². The zero-order valence-electron chi connectivity index (χ0n) is 10.4. The molecule has 20 heavy (non-hydrogen) atoms. The molecule has 1 unspecified atom stereocenters. The molecule has 1 amide bonds. The van der Waals surface area contributed by atoms with Crippen molar-refractivity contribution in [2.24, 2.45) is 5.14 Å². The molecule has 0 spiro atoms. The van der Waals surface area contributed by atoms with Crippen LogP contribution in [0.4, 0.5) is 4.39 Å². The summed E-state index contributed by atoms with van der Waals surface area (Å²) in [4.78, 5) is 11.2. The first-order valence-corrected chi connectivity index (χ1v) is 9.29. The fourth-order valence-electron chi connectivity index (χ4n) is 1.31. The molecule has 0 fully saturated rings. The Morgan fingerprint density at radius 3 is 2.60 bits per heavy atom. The molecule has 0 aliphatic rings. The van der Waals surface area contributed by atoms with Gasteiger partial charge in [0.25, 0.3) is 5.91 Å². The molecule has 0 saturated carbocycles. The summed E-state index contributed by atoms with van der Waals surface area (Å²) < 4.78 is 46.7. The van der Waals surface area contributed by atoms with Crippen molar-refractivity contribution in [3.63, 3.8) is 0 Å². The summed E-state index contributed by atoms with van der Waals surface area (Å²) in [5.41, 5.74) is -0.184. The fourth-order valence-corrected chi connectivity index (χ4v) is 3.25. The number of hydrogen-bond donors (Lipinski definition) is 2. The van der Waals surface area contributed by atoms with Crippen molar-refractivity contribution in [3.05, 3.63) is 28.0 Å². The summed E-state index contributed by atoms with van der Waals surface area (Å²) in [5.74, 6) is -1.35. The average Bonchev–Trinajstić information content (AvgIpc) is 2.30. The molecule has 6 nitrogen and oxygen atoms in total. The molecule has 0 aromatic heterocycles. The van der Waals surface area contributed by atoms with Crippen molar-refractivity contribution >= 4 is 42.7 Å². The minimum Gasteiger partial charge on any atom is -0.351 e. The Balaban J connectivity index is 3.05. The largest absolute Gasteiger partial charge is 0.351 e. The van der Waals surface area contributed by atoms with Gasteiger partial charge in [-0.15, -0.1) is 0 Å². The summed E-state index contributed by atoms with van der Waals surface area (Å²) in [6.45, 7) is 0.129. The van der Waals surface area contributed by atoms with Crippen LogP contribution in [-0.2, 0) is 20.8 Å². The van der Waals surface area contributed by atoms with Crippen LogP contribution in [-0.4, -0.2) is 37.1 Å². The van der Waals surface area contributed by atoms with E-state index in [1.807, 2.05) is 0 Å². The lowest BCUT2D eigenvalue weighted by Crippen LogP contribution is -2.28. The third kappa shape index (κ3) is 4.62. The van der Waals surface area contributed by atoms with E-state index in [1.54, 1.807) is 0 Å². The van der Waals surface area contributed by atoms with Gasteiger partial charge in [0.05, 0.1) is 9.37 Å². The standard InChI is InChI=1S/C10H12BrFN2O4S2/c1-19(16)3-2-14-10(15)6-4-7(12)9(11)8(5-6)20(13,17)18/h4-5H,2-3H2,1H3,(H,14,15)(H2,13,17,18). The normalized spacial score (nSPS) is 13.0. The first kappa shape index (κ1) is 17.2. The molecule has 1 atom stereocenters. The predicted octanol–water partition coefficient (Wildman–Crippen LogP) is 0.344. The predicted molar refractivity (Wildman–Crippen MR) is 76.7 cm³/mol. The Labute approximate surface area is 126 Å². The number of primary sulfonamides is 1. The van der Waals surface area contributed by atoms with Gasteiger partial charge < -0.3 is 5.32 Å². The van der Waals surface area contributed by atoms with Gasteiger partial charge >= 0.3 is 0 Å². The number of nitrogens with two attached hydrogens (primary N) is 1. The molecule has 0 saturated heterocycles. The Morgan fingerprint density at radius 2 is 2.10 bits per heavy atom. The Kier molecular flexibility index (Phi) is 5.80. The first-order chi connectivity index (χ1) is 9.12. The van der Waals surface area contributed by atoms with E-state index in [4.69, 9.17) is 5.14 Å². The lowest BCUT2D eigenvalue weighted by atomic mass is 10.2. The van der Waals surface area contributed by atoms with Gasteiger partial charge in [0, 0.05) is 34.9 Å². The van der Waals surface area contributed by atoms with Crippen molar-refractivity contribution < 1.29 is 21.8 Å². The van der Waals surface area contributed by atoms with Gasteiger partial charge in [-0.1, -0.05) is 0 Å². The summed E-state index contributed by atoms with van der Waals surface area (Å²) in [7, 11) is -5.24. The minimum atomic E-state index is -4.16. The van der Waals surface area contributed by atoms with Crippen LogP contribution < -0.4 is 10.5 Å². The third-order valence-corrected chi connectivity index (χ3v) is 5.02. The smallest absolute Gasteiger partial charge is 0.251 e. The zero-order valence-corrected chi connectivity index (χ0v) is 13.6. The second kappa shape index (κ2) is 6.74. The Hall–Kier alpha value is -0.840. The number of hydrogen-bond acceptors (Lipinski definition) is 4. The van der Waals surface area contributed by atoms with Gasteiger partial charge in [0.15, 0.2) is 0 Å². The van der Waals surface area contributed by atoms with Gasteiger partial charge in [-0.3, -0.25) is 9.00 Å². The summed E-state index contributed by atoms with van der Waals surface area (Å²) >= 11 is 2.76. The molecule has 3 N–H and O–H groups in total. The van der Waals surface area contributed by atoms with E-state index in [0.717, 1.165) is 12.1 Å². The number of rotatable bonds is 5. The molecular weight excluding hydrogens is 375 g/mol. The number of amides is 1. The molecule has 0 radical (unpaired) electrons. The molecule has 0 aliphatic heterocycles. The van der Waals surface area contributed by atoms with E-state index >= 15 is 0 Å². The molecule has 1 aromatic carbocycles. The highest BCUT2D eigenvalue weighted by Crippen LogP contribution is 2.25. The van der Waals surface area contributed by atoms with Crippen molar-refractivity contribution in [3.8, 4) is 0 Å². The Morgan fingerprint density at radius 1 is 1.50 bits per heavy atom. The van der Waals surface area contributed by atoms with Crippen LogP contribution in [0.15, 0.2) is 21.5 Å². The van der Waals surface area contributed by atoms with E-state index in [0.29, 0.717) is 0 Å². The lowest BCUT2D eigenvalue weighted by molar-refractivity contribution is 0.0955. The van der Waals surface area contributed by atoms with Gasteiger partial charge in [0.2, 0.25) is 10.0 Å². The van der Waals surface area contributed by atoms with Crippen molar-refractivity contribution in [2.45, 2.75) is 4.90 Å². The quantitative estimate of drug-likeness (QED) is 0.760. The maximum atomic E-state index is 13.6. The minimum absolute atomic E-state index is 0.129. The van der Waals surface area contributed by atoms with Crippen LogP contribution in [0.25, 0.3) is 0 Å².